The maximum atomic E-state index is 10.9. The molecule has 2 aromatic rings. The molecular formula is C13H7Cl2NO4. The first-order valence-electron chi connectivity index (χ1n) is 5.38. The van der Waals surface area contributed by atoms with E-state index in [9.17, 15) is 14.9 Å². The van der Waals surface area contributed by atoms with Gasteiger partial charge >= 0.3 is 5.69 Å². The molecule has 0 aliphatic carbocycles. The van der Waals surface area contributed by atoms with E-state index < -0.39 is 4.92 Å². The SMILES string of the molecule is O=Cc1ccc(Oc2cc(Cl)ccc2[N+](=O)[O-])c(Cl)c1. The molecule has 7 heteroatoms. The van der Waals surface area contributed by atoms with Gasteiger partial charge in [-0.3, -0.25) is 14.9 Å². The third-order valence-electron chi connectivity index (χ3n) is 2.43. The van der Waals surface area contributed by atoms with E-state index >= 15 is 0 Å². The number of nitro groups is 1. The second-order valence-electron chi connectivity index (χ2n) is 3.78. The minimum absolute atomic E-state index is 0.0248. The van der Waals surface area contributed by atoms with Crippen molar-refractivity contribution in [3.63, 3.8) is 0 Å². The molecule has 0 saturated carbocycles. The summed E-state index contributed by atoms with van der Waals surface area (Å²) in [6, 6.07) is 8.31. The zero-order chi connectivity index (χ0) is 14.7. The van der Waals surface area contributed by atoms with Crippen LogP contribution in [0.15, 0.2) is 36.4 Å². The Balaban J connectivity index is 2.41. The van der Waals surface area contributed by atoms with Gasteiger partial charge in [0.2, 0.25) is 5.75 Å². The van der Waals surface area contributed by atoms with Crippen LogP contribution in [-0.2, 0) is 0 Å². The fourth-order valence-corrected chi connectivity index (χ4v) is 1.90. The summed E-state index contributed by atoms with van der Waals surface area (Å²) in [6.45, 7) is 0. The van der Waals surface area contributed by atoms with Gasteiger partial charge in [0.1, 0.15) is 12.0 Å². The van der Waals surface area contributed by atoms with Gasteiger partial charge in [0, 0.05) is 22.7 Å². The van der Waals surface area contributed by atoms with Crippen molar-refractivity contribution in [2.75, 3.05) is 0 Å². The van der Waals surface area contributed by atoms with Crippen LogP contribution in [0.25, 0.3) is 0 Å². The van der Waals surface area contributed by atoms with Gasteiger partial charge < -0.3 is 4.74 Å². The lowest BCUT2D eigenvalue weighted by atomic mass is 10.2. The fourth-order valence-electron chi connectivity index (χ4n) is 1.51. The van der Waals surface area contributed by atoms with Crippen molar-refractivity contribution in [3.8, 4) is 11.5 Å². The van der Waals surface area contributed by atoms with E-state index in [0.717, 1.165) is 0 Å². The highest BCUT2D eigenvalue weighted by molar-refractivity contribution is 6.32. The number of hydrogen-bond acceptors (Lipinski definition) is 4. The molecule has 2 aromatic carbocycles. The van der Waals surface area contributed by atoms with Crippen molar-refractivity contribution >= 4 is 35.2 Å². The lowest BCUT2D eigenvalue weighted by Crippen LogP contribution is -1.94. The third-order valence-corrected chi connectivity index (χ3v) is 2.96. The largest absolute Gasteiger partial charge is 0.449 e. The number of benzene rings is 2. The molecule has 0 fully saturated rings. The molecule has 0 amide bonds. The summed E-state index contributed by atoms with van der Waals surface area (Å²) >= 11 is 11.7. The van der Waals surface area contributed by atoms with Crippen LogP contribution in [0.2, 0.25) is 10.0 Å². The Labute approximate surface area is 123 Å². The number of halogens is 2. The fraction of sp³-hybridized carbons (Fsp3) is 0. The lowest BCUT2D eigenvalue weighted by molar-refractivity contribution is -0.385. The van der Waals surface area contributed by atoms with Gasteiger partial charge in [-0.05, 0) is 24.3 Å². The average Bonchev–Trinajstić information content (AvgIpc) is 2.40. The van der Waals surface area contributed by atoms with E-state index in [4.69, 9.17) is 27.9 Å². The number of ether oxygens (including phenoxy) is 1. The van der Waals surface area contributed by atoms with E-state index in [1.807, 2.05) is 0 Å². The summed E-state index contributed by atoms with van der Waals surface area (Å²) in [7, 11) is 0. The Bertz CT molecular complexity index is 688. The standard InChI is InChI=1S/C13H7Cl2NO4/c14-9-2-3-11(16(18)19)13(6-9)20-12-4-1-8(7-17)5-10(12)15/h1-7H. The highest BCUT2D eigenvalue weighted by Gasteiger charge is 2.17. The van der Waals surface area contributed by atoms with Gasteiger partial charge in [0.15, 0.2) is 0 Å². The van der Waals surface area contributed by atoms with Crippen LogP contribution in [0.1, 0.15) is 10.4 Å². The van der Waals surface area contributed by atoms with E-state index in [1.165, 1.54) is 36.4 Å². The summed E-state index contributed by atoms with van der Waals surface area (Å²) in [4.78, 5) is 20.9. The lowest BCUT2D eigenvalue weighted by Gasteiger charge is -2.08. The molecule has 2 rings (SSSR count). The van der Waals surface area contributed by atoms with Gasteiger partial charge in [-0.25, -0.2) is 0 Å². The zero-order valence-corrected chi connectivity index (χ0v) is 11.4. The molecule has 0 saturated heterocycles. The van der Waals surface area contributed by atoms with Crippen LogP contribution < -0.4 is 4.74 Å². The number of carbonyl (C=O) groups excluding carboxylic acids is 1. The highest BCUT2D eigenvalue weighted by Crippen LogP contribution is 2.36. The van der Waals surface area contributed by atoms with Crippen molar-refractivity contribution in [1.82, 2.24) is 0 Å². The second kappa shape index (κ2) is 5.90. The predicted molar refractivity (Wildman–Crippen MR) is 75.0 cm³/mol. The molecule has 0 unspecified atom stereocenters. The quantitative estimate of drug-likeness (QED) is 0.473. The Morgan fingerprint density at radius 2 is 1.85 bits per heavy atom. The molecule has 0 aliphatic heterocycles. The van der Waals surface area contributed by atoms with Crippen LogP contribution >= 0.6 is 23.2 Å². The maximum Gasteiger partial charge on any atom is 0.311 e. The van der Waals surface area contributed by atoms with Crippen molar-refractivity contribution in [2.45, 2.75) is 0 Å². The number of nitrogens with zero attached hydrogens (tertiary/aromatic N) is 1. The molecule has 5 nitrogen and oxygen atoms in total. The van der Waals surface area contributed by atoms with Gasteiger partial charge in [0.25, 0.3) is 0 Å². The molecular weight excluding hydrogens is 305 g/mol. The van der Waals surface area contributed by atoms with Crippen molar-refractivity contribution in [3.05, 3.63) is 62.1 Å². The zero-order valence-electron chi connectivity index (χ0n) is 9.88. The molecule has 0 aromatic heterocycles. The first-order chi connectivity index (χ1) is 9.51. The Kier molecular flexibility index (Phi) is 4.22. The van der Waals surface area contributed by atoms with Crippen molar-refractivity contribution in [1.29, 1.82) is 0 Å². The minimum Gasteiger partial charge on any atom is -0.449 e. The number of aldehydes is 1. The van der Waals surface area contributed by atoms with Crippen LogP contribution in [-0.4, -0.2) is 11.2 Å². The third kappa shape index (κ3) is 3.07. The van der Waals surface area contributed by atoms with Gasteiger partial charge in [-0.2, -0.15) is 0 Å². The van der Waals surface area contributed by atoms with E-state index in [1.54, 1.807) is 0 Å². The molecule has 0 aliphatic rings. The molecule has 0 bridgehead atoms. The van der Waals surface area contributed by atoms with Crippen LogP contribution in [0, 0.1) is 10.1 Å². The number of hydrogen-bond donors (Lipinski definition) is 0. The van der Waals surface area contributed by atoms with E-state index in [2.05, 4.69) is 0 Å². The topological polar surface area (TPSA) is 69.4 Å². The van der Waals surface area contributed by atoms with Gasteiger partial charge in [0.05, 0.1) is 9.95 Å². The molecule has 0 atom stereocenters. The number of carbonyl (C=O) groups is 1. The van der Waals surface area contributed by atoms with Gasteiger partial charge in [-0.1, -0.05) is 23.2 Å². The summed E-state index contributed by atoms with van der Waals surface area (Å²) in [6.07, 6.45) is 0.636. The summed E-state index contributed by atoms with van der Waals surface area (Å²) in [5, 5.41) is 11.4. The van der Waals surface area contributed by atoms with Crippen LogP contribution in [0.3, 0.4) is 0 Å². The Morgan fingerprint density at radius 3 is 2.45 bits per heavy atom. The maximum absolute atomic E-state index is 10.9. The number of rotatable bonds is 4. The van der Waals surface area contributed by atoms with E-state index in [0.29, 0.717) is 16.9 Å². The highest BCUT2D eigenvalue weighted by atomic mass is 35.5. The summed E-state index contributed by atoms with van der Waals surface area (Å²) in [5.74, 6) is 0.172. The molecule has 0 spiro atoms. The molecule has 102 valence electrons. The summed E-state index contributed by atoms with van der Waals surface area (Å²) in [5.41, 5.74) is 0.146. The Hall–Kier alpha value is -2.11. The molecule has 0 heterocycles. The van der Waals surface area contributed by atoms with Crippen LogP contribution in [0.4, 0.5) is 5.69 Å². The summed E-state index contributed by atoms with van der Waals surface area (Å²) < 4.78 is 5.41. The van der Waals surface area contributed by atoms with Crippen LogP contribution in [0.5, 0.6) is 11.5 Å². The first kappa shape index (κ1) is 14.3. The second-order valence-corrected chi connectivity index (χ2v) is 4.62. The smallest absolute Gasteiger partial charge is 0.311 e. The molecule has 0 radical (unpaired) electrons. The molecule has 20 heavy (non-hydrogen) atoms. The number of nitro benzene ring substituents is 1. The molecule has 0 N–H and O–H groups in total. The van der Waals surface area contributed by atoms with Crippen molar-refractivity contribution in [2.24, 2.45) is 0 Å². The van der Waals surface area contributed by atoms with Crippen molar-refractivity contribution < 1.29 is 14.5 Å². The van der Waals surface area contributed by atoms with Gasteiger partial charge in [-0.15, -0.1) is 0 Å². The first-order valence-corrected chi connectivity index (χ1v) is 6.13. The predicted octanol–water partition coefficient (Wildman–Crippen LogP) is 4.51. The Morgan fingerprint density at radius 1 is 1.10 bits per heavy atom. The monoisotopic (exact) mass is 311 g/mol. The normalized spacial score (nSPS) is 10.1. The average molecular weight is 312 g/mol. The van der Waals surface area contributed by atoms with E-state index in [-0.39, 0.29) is 22.2 Å². The minimum atomic E-state index is -0.584.